The van der Waals surface area contributed by atoms with Crippen LogP contribution in [-0.2, 0) is 5.41 Å². The van der Waals surface area contributed by atoms with Crippen molar-refractivity contribution in [3.05, 3.63) is 265 Å². The fraction of sp³-hybridized carbons (Fsp3) is 0.0164. The van der Waals surface area contributed by atoms with Gasteiger partial charge in [-0.2, -0.15) is 0 Å². The van der Waals surface area contributed by atoms with Crippen LogP contribution < -0.4 is 9.64 Å². The predicted molar refractivity (Wildman–Crippen MR) is 264 cm³/mol. The Kier molecular flexibility index (Phi) is 8.13. The van der Waals surface area contributed by atoms with Crippen molar-refractivity contribution < 1.29 is 4.74 Å². The molecule has 0 saturated heterocycles. The number of hydrogen-bond donors (Lipinski definition) is 0. The summed E-state index contributed by atoms with van der Waals surface area (Å²) in [5.74, 6) is 1.77. The van der Waals surface area contributed by atoms with Crippen LogP contribution in [0.1, 0.15) is 22.3 Å². The van der Waals surface area contributed by atoms with Crippen molar-refractivity contribution in [1.29, 1.82) is 0 Å². The molecule has 2 aliphatic rings. The van der Waals surface area contributed by atoms with Gasteiger partial charge >= 0.3 is 0 Å². The van der Waals surface area contributed by atoms with Crippen molar-refractivity contribution >= 4 is 38.9 Å². The third-order valence-corrected chi connectivity index (χ3v) is 13.5. The van der Waals surface area contributed by atoms with Crippen molar-refractivity contribution in [1.82, 2.24) is 4.57 Å². The SMILES string of the molecule is c1ccc(-c2ccc(-c3ccc(N(c4ccccc4)c4ccc(-n5c6ccccc6c6cc7c(cc65)Oc5ccccc5C75c6ccccc6-c6ccccc65)cc4)cc3)cc2)cc1. The number of benzene rings is 10. The lowest BCUT2D eigenvalue weighted by Crippen LogP contribution is -2.32. The maximum Gasteiger partial charge on any atom is 0.134 e. The number of aromatic nitrogens is 1. The van der Waals surface area contributed by atoms with Gasteiger partial charge in [0.25, 0.3) is 0 Å². The van der Waals surface area contributed by atoms with E-state index in [-0.39, 0.29) is 0 Å². The minimum atomic E-state index is -0.525. The number of fused-ring (bicyclic) bond motifs is 12. The van der Waals surface area contributed by atoms with Gasteiger partial charge in [-0.05, 0) is 111 Å². The highest BCUT2D eigenvalue weighted by Crippen LogP contribution is 2.62. The lowest BCUT2D eigenvalue weighted by molar-refractivity contribution is 0.437. The lowest BCUT2D eigenvalue weighted by atomic mass is 9.66. The van der Waals surface area contributed by atoms with Crippen LogP contribution in [-0.4, -0.2) is 4.57 Å². The third-order valence-electron chi connectivity index (χ3n) is 13.5. The molecule has 0 radical (unpaired) electrons. The summed E-state index contributed by atoms with van der Waals surface area (Å²) in [6, 6.07) is 87.8. The minimum Gasteiger partial charge on any atom is -0.457 e. The molecule has 64 heavy (non-hydrogen) atoms. The fourth-order valence-electron chi connectivity index (χ4n) is 10.7. The molecule has 1 aliphatic heterocycles. The second kappa shape index (κ2) is 14.3. The van der Waals surface area contributed by atoms with Crippen molar-refractivity contribution in [3.8, 4) is 50.6 Å². The van der Waals surface area contributed by atoms with Crippen LogP contribution in [0.15, 0.2) is 243 Å². The fourth-order valence-corrected chi connectivity index (χ4v) is 10.7. The number of ether oxygens (including phenoxy) is 1. The van der Waals surface area contributed by atoms with Crippen LogP contribution in [0.25, 0.3) is 60.9 Å². The van der Waals surface area contributed by atoms with E-state index in [4.69, 9.17) is 4.74 Å². The average molecular weight is 817 g/mol. The molecule has 0 unspecified atom stereocenters. The third kappa shape index (κ3) is 5.41. The Morgan fingerprint density at radius 1 is 0.328 bits per heavy atom. The monoisotopic (exact) mass is 816 g/mol. The van der Waals surface area contributed by atoms with Crippen molar-refractivity contribution in [2.24, 2.45) is 0 Å². The van der Waals surface area contributed by atoms with Gasteiger partial charge in [-0.15, -0.1) is 0 Å². The van der Waals surface area contributed by atoms with Crippen LogP contribution in [0.2, 0.25) is 0 Å². The number of nitrogens with zero attached hydrogens (tertiary/aromatic N) is 2. The second-order valence-electron chi connectivity index (χ2n) is 16.8. The van der Waals surface area contributed by atoms with Crippen LogP contribution in [0.4, 0.5) is 17.1 Å². The smallest absolute Gasteiger partial charge is 0.134 e. The molecule has 1 spiro atoms. The molecule has 13 rings (SSSR count). The molecule has 0 N–H and O–H groups in total. The van der Waals surface area contributed by atoms with E-state index < -0.39 is 5.41 Å². The topological polar surface area (TPSA) is 17.4 Å². The summed E-state index contributed by atoms with van der Waals surface area (Å²) in [5, 5.41) is 2.40. The Hall–Kier alpha value is -8.40. The van der Waals surface area contributed by atoms with E-state index in [1.54, 1.807) is 0 Å². The Morgan fingerprint density at radius 3 is 1.47 bits per heavy atom. The van der Waals surface area contributed by atoms with E-state index in [1.165, 1.54) is 66.4 Å². The van der Waals surface area contributed by atoms with E-state index in [2.05, 4.69) is 252 Å². The van der Waals surface area contributed by atoms with Gasteiger partial charge in [0, 0.05) is 50.7 Å². The average Bonchev–Trinajstić information content (AvgIpc) is 3.85. The van der Waals surface area contributed by atoms with Gasteiger partial charge in [-0.1, -0.05) is 170 Å². The molecule has 1 aliphatic carbocycles. The van der Waals surface area contributed by atoms with Crippen LogP contribution in [0, 0.1) is 0 Å². The van der Waals surface area contributed by atoms with Crippen molar-refractivity contribution in [3.63, 3.8) is 0 Å². The molecular weight excluding hydrogens is 777 g/mol. The molecule has 2 heterocycles. The van der Waals surface area contributed by atoms with E-state index >= 15 is 0 Å². The van der Waals surface area contributed by atoms with Crippen LogP contribution >= 0.6 is 0 Å². The molecule has 0 saturated carbocycles. The molecule has 0 atom stereocenters. The molecule has 300 valence electrons. The highest BCUT2D eigenvalue weighted by molar-refractivity contribution is 6.10. The van der Waals surface area contributed by atoms with Gasteiger partial charge in [0.15, 0.2) is 0 Å². The van der Waals surface area contributed by atoms with E-state index in [1.807, 2.05) is 0 Å². The highest BCUT2D eigenvalue weighted by atomic mass is 16.5. The minimum absolute atomic E-state index is 0.525. The Bertz CT molecular complexity index is 3510. The first-order valence-corrected chi connectivity index (χ1v) is 22.0. The number of rotatable bonds is 6. The number of anilines is 3. The van der Waals surface area contributed by atoms with Gasteiger partial charge in [0.1, 0.15) is 11.5 Å². The number of para-hydroxylation sites is 3. The molecule has 0 amide bonds. The Balaban J connectivity index is 0.923. The molecule has 0 bridgehead atoms. The van der Waals surface area contributed by atoms with Gasteiger partial charge in [-0.25, -0.2) is 0 Å². The molecule has 10 aromatic carbocycles. The molecule has 0 fully saturated rings. The van der Waals surface area contributed by atoms with Crippen molar-refractivity contribution in [2.45, 2.75) is 5.41 Å². The Morgan fingerprint density at radius 2 is 0.812 bits per heavy atom. The lowest BCUT2D eigenvalue weighted by Gasteiger charge is -2.39. The van der Waals surface area contributed by atoms with Gasteiger partial charge in [0.05, 0.1) is 16.4 Å². The molecule has 1 aromatic heterocycles. The van der Waals surface area contributed by atoms with E-state index in [0.717, 1.165) is 45.3 Å². The summed E-state index contributed by atoms with van der Waals surface area (Å²) in [5.41, 5.74) is 18.4. The first-order valence-electron chi connectivity index (χ1n) is 22.0. The molecule has 11 aromatic rings. The maximum absolute atomic E-state index is 6.98. The van der Waals surface area contributed by atoms with Crippen LogP contribution in [0.3, 0.4) is 0 Å². The highest BCUT2D eigenvalue weighted by Gasteiger charge is 2.51. The summed E-state index contributed by atoms with van der Waals surface area (Å²) >= 11 is 0. The largest absolute Gasteiger partial charge is 0.457 e. The Labute approximate surface area is 372 Å². The predicted octanol–water partition coefficient (Wildman–Crippen LogP) is 16.1. The first-order chi connectivity index (χ1) is 31.7. The standard InChI is InChI=1S/C61H40N2O/c1-3-15-41(16-4-1)42-27-29-43(30-28-42)44-31-33-46(34-32-44)62(45-17-5-2-6-18-45)47-35-37-48(38-36-47)63-57-25-13-9-21-51(57)52-39-56-60(40-58(52)63)64-59-26-14-12-24-55(59)61(56)53-22-10-7-19-49(53)50-20-8-11-23-54(50)61/h1-40H. The second-order valence-corrected chi connectivity index (χ2v) is 16.8. The van der Waals surface area contributed by atoms with E-state index in [0.29, 0.717) is 0 Å². The molecular formula is C61H40N2O. The zero-order valence-corrected chi connectivity index (χ0v) is 34.9. The van der Waals surface area contributed by atoms with E-state index in [9.17, 15) is 0 Å². The normalized spacial score (nSPS) is 12.9. The van der Waals surface area contributed by atoms with Gasteiger partial charge in [-0.3, -0.25) is 0 Å². The zero-order valence-electron chi connectivity index (χ0n) is 34.9. The maximum atomic E-state index is 6.98. The van der Waals surface area contributed by atoms with Crippen LogP contribution in [0.5, 0.6) is 11.5 Å². The van der Waals surface area contributed by atoms with Gasteiger partial charge in [0.2, 0.25) is 0 Å². The molecule has 3 nitrogen and oxygen atoms in total. The molecule has 3 heteroatoms. The summed E-state index contributed by atoms with van der Waals surface area (Å²) in [4.78, 5) is 2.33. The summed E-state index contributed by atoms with van der Waals surface area (Å²) in [6.45, 7) is 0. The summed E-state index contributed by atoms with van der Waals surface area (Å²) in [6.07, 6.45) is 0. The number of hydrogen-bond acceptors (Lipinski definition) is 2. The quantitative estimate of drug-likeness (QED) is 0.166. The summed E-state index contributed by atoms with van der Waals surface area (Å²) < 4.78 is 9.37. The first kappa shape index (κ1) is 36.3. The van der Waals surface area contributed by atoms with Gasteiger partial charge < -0.3 is 14.2 Å². The van der Waals surface area contributed by atoms with Crippen molar-refractivity contribution in [2.75, 3.05) is 4.90 Å². The zero-order chi connectivity index (χ0) is 42.2. The summed E-state index contributed by atoms with van der Waals surface area (Å²) in [7, 11) is 0.